The molecule has 0 heterocycles. The molecule has 0 aliphatic carbocycles. The zero-order chi connectivity index (χ0) is 10.7. The van der Waals surface area contributed by atoms with Crippen molar-refractivity contribution in [2.24, 2.45) is 5.73 Å². The quantitative estimate of drug-likeness (QED) is 0.777. The number of carboxylic acid groups (broad SMARTS) is 1. The molecule has 5 heteroatoms. The number of aliphatic carboxylic acids is 1. The first-order chi connectivity index (χ1) is 6.49. The highest BCUT2D eigenvalue weighted by atomic mass is 19.1. The molecule has 0 saturated heterocycles. The maximum atomic E-state index is 12.7. The summed E-state index contributed by atoms with van der Waals surface area (Å²) in [7, 11) is 0. The summed E-state index contributed by atoms with van der Waals surface area (Å²) in [5.74, 6) is -2.64. The van der Waals surface area contributed by atoms with E-state index in [1.807, 2.05) is 0 Å². The Hall–Kier alpha value is -1.49. The summed E-state index contributed by atoms with van der Waals surface area (Å²) in [4.78, 5) is 10.3. The number of hydrogen-bond acceptors (Lipinski definition) is 2. The molecule has 0 fully saturated rings. The maximum absolute atomic E-state index is 12.7. The molecule has 14 heavy (non-hydrogen) atoms. The van der Waals surface area contributed by atoms with Crippen molar-refractivity contribution in [2.75, 3.05) is 0 Å². The van der Waals surface area contributed by atoms with E-state index in [2.05, 4.69) is 0 Å². The van der Waals surface area contributed by atoms with Gasteiger partial charge < -0.3 is 10.8 Å². The average molecular weight is 201 g/mol. The Kier molecular flexibility index (Phi) is 3.14. The normalized spacial score (nSPS) is 12.5. The monoisotopic (exact) mass is 201 g/mol. The van der Waals surface area contributed by atoms with Crippen LogP contribution in [0.1, 0.15) is 18.0 Å². The van der Waals surface area contributed by atoms with Crippen LogP contribution in [0.4, 0.5) is 8.78 Å². The smallest absolute Gasteiger partial charge is 0.305 e. The predicted molar refractivity (Wildman–Crippen MR) is 45.5 cm³/mol. The highest BCUT2D eigenvalue weighted by molar-refractivity contribution is 5.67. The molecule has 3 nitrogen and oxygen atoms in total. The third-order valence-corrected chi connectivity index (χ3v) is 1.71. The van der Waals surface area contributed by atoms with Crippen molar-refractivity contribution in [3.05, 3.63) is 35.4 Å². The molecule has 0 aromatic heterocycles. The van der Waals surface area contributed by atoms with E-state index >= 15 is 0 Å². The van der Waals surface area contributed by atoms with Gasteiger partial charge in [0.25, 0.3) is 0 Å². The second-order valence-corrected chi connectivity index (χ2v) is 2.91. The molecule has 0 bridgehead atoms. The number of carbonyl (C=O) groups is 1. The van der Waals surface area contributed by atoms with Crippen LogP contribution in [0.15, 0.2) is 18.2 Å². The molecule has 1 atom stereocenters. The molecule has 0 unspecified atom stereocenters. The first kappa shape index (κ1) is 10.6. The average Bonchev–Trinajstić information content (AvgIpc) is 2.00. The Labute approximate surface area is 79.2 Å². The van der Waals surface area contributed by atoms with Gasteiger partial charge in [-0.25, -0.2) is 8.78 Å². The molecule has 0 aliphatic heterocycles. The molecule has 1 aromatic rings. The highest BCUT2D eigenvalue weighted by Crippen LogP contribution is 2.16. The third-order valence-electron chi connectivity index (χ3n) is 1.71. The van der Waals surface area contributed by atoms with Crippen LogP contribution < -0.4 is 5.73 Å². The zero-order valence-electron chi connectivity index (χ0n) is 7.21. The van der Waals surface area contributed by atoms with Gasteiger partial charge in [-0.05, 0) is 17.7 Å². The van der Waals surface area contributed by atoms with Gasteiger partial charge in [-0.3, -0.25) is 4.79 Å². The van der Waals surface area contributed by atoms with E-state index in [4.69, 9.17) is 10.8 Å². The minimum Gasteiger partial charge on any atom is -0.481 e. The van der Waals surface area contributed by atoms with Crippen molar-refractivity contribution in [2.45, 2.75) is 12.5 Å². The fourth-order valence-electron chi connectivity index (χ4n) is 1.10. The summed E-state index contributed by atoms with van der Waals surface area (Å²) in [5, 5.41) is 8.42. The number of carboxylic acids is 1. The van der Waals surface area contributed by atoms with E-state index < -0.39 is 23.6 Å². The fourth-order valence-corrected chi connectivity index (χ4v) is 1.10. The van der Waals surface area contributed by atoms with Crippen LogP contribution in [0.5, 0.6) is 0 Å². The Balaban J connectivity index is 2.89. The van der Waals surface area contributed by atoms with Gasteiger partial charge in [0.1, 0.15) is 11.6 Å². The van der Waals surface area contributed by atoms with E-state index in [1.54, 1.807) is 0 Å². The van der Waals surface area contributed by atoms with Crippen molar-refractivity contribution in [3.8, 4) is 0 Å². The van der Waals surface area contributed by atoms with Crippen LogP contribution in [-0.2, 0) is 4.79 Å². The van der Waals surface area contributed by atoms with Gasteiger partial charge in [-0.1, -0.05) is 0 Å². The van der Waals surface area contributed by atoms with Crippen LogP contribution in [-0.4, -0.2) is 11.1 Å². The first-order valence-corrected chi connectivity index (χ1v) is 3.92. The summed E-state index contributed by atoms with van der Waals surface area (Å²) in [5.41, 5.74) is 5.56. The van der Waals surface area contributed by atoms with Gasteiger partial charge in [0.05, 0.1) is 6.42 Å². The lowest BCUT2D eigenvalue weighted by molar-refractivity contribution is -0.137. The van der Waals surface area contributed by atoms with E-state index in [1.165, 1.54) is 0 Å². The zero-order valence-corrected chi connectivity index (χ0v) is 7.21. The molecular formula is C9H9F2NO2. The van der Waals surface area contributed by atoms with Crippen LogP contribution in [0, 0.1) is 11.6 Å². The van der Waals surface area contributed by atoms with Crippen LogP contribution in [0.25, 0.3) is 0 Å². The highest BCUT2D eigenvalue weighted by Gasteiger charge is 2.12. The van der Waals surface area contributed by atoms with Gasteiger partial charge >= 0.3 is 5.97 Å². The van der Waals surface area contributed by atoms with Crippen LogP contribution >= 0.6 is 0 Å². The number of rotatable bonds is 3. The molecule has 0 saturated carbocycles. The Morgan fingerprint density at radius 3 is 2.29 bits per heavy atom. The summed E-state index contributed by atoms with van der Waals surface area (Å²) < 4.78 is 25.4. The Morgan fingerprint density at radius 1 is 1.36 bits per heavy atom. The summed E-state index contributed by atoms with van der Waals surface area (Å²) in [6.45, 7) is 0. The van der Waals surface area contributed by atoms with E-state index in [0.29, 0.717) is 6.07 Å². The van der Waals surface area contributed by atoms with E-state index in [0.717, 1.165) is 12.1 Å². The number of halogens is 2. The topological polar surface area (TPSA) is 63.3 Å². The number of nitrogens with two attached hydrogens (primary N) is 1. The van der Waals surface area contributed by atoms with Crippen molar-refractivity contribution < 1.29 is 18.7 Å². The van der Waals surface area contributed by atoms with Crippen LogP contribution in [0.3, 0.4) is 0 Å². The van der Waals surface area contributed by atoms with Gasteiger partial charge in [0.15, 0.2) is 0 Å². The van der Waals surface area contributed by atoms with Crippen molar-refractivity contribution in [1.82, 2.24) is 0 Å². The molecule has 3 N–H and O–H groups in total. The van der Waals surface area contributed by atoms with Gasteiger partial charge in [0, 0.05) is 12.1 Å². The summed E-state index contributed by atoms with van der Waals surface area (Å²) >= 11 is 0. The second kappa shape index (κ2) is 4.15. The Morgan fingerprint density at radius 2 is 1.86 bits per heavy atom. The van der Waals surface area contributed by atoms with Gasteiger partial charge in [0.2, 0.25) is 0 Å². The lowest BCUT2D eigenvalue weighted by Gasteiger charge is -2.09. The molecule has 1 rings (SSSR count). The van der Waals surface area contributed by atoms with E-state index in [-0.39, 0.29) is 12.0 Å². The van der Waals surface area contributed by atoms with Crippen molar-refractivity contribution in [1.29, 1.82) is 0 Å². The van der Waals surface area contributed by atoms with Crippen molar-refractivity contribution in [3.63, 3.8) is 0 Å². The molecule has 1 aromatic carbocycles. The lowest BCUT2D eigenvalue weighted by atomic mass is 10.0. The predicted octanol–water partition coefficient (Wildman–Crippen LogP) is 1.44. The first-order valence-electron chi connectivity index (χ1n) is 3.92. The Bertz CT molecular complexity index is 334. The summed E-state index contributed by atoms with van der Waals surface area (Å²) in [6.07, 6.45) is -0.358. The molecule has 0 aliphatic rings. The number of benzene rings is 1. The SMILES string of the molecule is N[C@@H](CC(=O)O)c1cc(F)cc(F)c1. The number of hydrogen-bond donors (Lipinski definition) is 2. The summed E-state index contributed by atoms with van der Waals surface area (Å²) in [6, 6.07) is 1.86. The van der Waals surface area contributed by atoms with Crippen LogP contribution in [0.2, 0.25) is 0 Å². The second-order valence-electron chi connectivity index (χ2n) is 2.91. The molecular weight excluding hydrogens is 192 g/mol. The standard InChI is InChI=1S/C9H9F2NO2/c10-6-1-5(2-7(11)3-6)8(12)4-9(13)14/h1-3,8H,4,12H2,(H,13,14)/t8-/m0/s1. The van der Waals surface area contributed by atoms with Crippen molar-refractivity contribution >= 4 is 5.97 Å². The minimum atomic E-state index is -1.11. The molecule has 0 radical (unpaired) electrons. The molecule has 76 valence electrons. The molecule has 0 amide bonds. The largest absolute Gasteiger partial charge is 0.481 e. The van der Waals surface area contributed by atoms with E-state index in [9.17, 15) is 13.6 Å². The third kappa shape index (κ3) is 2.77. The van der Waals surface area contributed by atoms with Gasteiger partial charge in [-0.15, -0.1) is 0 Å². The molecule has 0 spiro atoms. The van der Waals surface area contributed by atoms with Gasteiger partial charge in [-0.2, -0.15) is 0 Å². The fraction of sp³-hybridized carbons (Fsp3) is 0.222. The lowest BCUT2D eigenvalue weighted by Crippen LogP contribution is -2.15. The maximum Gasteiger partial charge on any atom is 0.305 e. The minimum absolute atomic E-state index is 0.143.